The third-order valence-corrected chi connectivity index (χ3v) is 9.26. The Morgan fingerprint density at radius 1 is 0.333 bits per heavy atom. The van der Waals surface area contributed by atoms with Crippen molar-refractivity contribution in [2.24, 2.45) is 0 Å². The molecule has 0 atom stereocenters. The molecule has 0 aliphatic rings. The standard InChI is InChI=1S/C50H33N/c1-2-9-34(10-3-1)35-23-28-42(29-24-35)51(43-30-25-38(26-31-43)46-16-8-13-36-11-4-6-14-45(36)46)44-32-27-39-18-20-41-22-21-40-19-17-37-12-5-7-15-47(37)49(40)50(41)48(39)33-44/h1-33H/i1D,2D,3D,4D,6D,8D,9D,10D,11D,13D,14D,16D,23D,24D,28D,29D. The molecule has 10 rings (SSSR count). The lowest BCUT2D eigenvalue weighted by Gasteiger charge is -2.26. The molecule has 0 unspecified atom stereocenters. The zero-order chi connectivity index (χ0) is 47.7. The molecule has 238 valence electrons. The van der Waals surface area contributed by atoms with Crippen LogP contribution in [-0.2, 0) is 0 Å². The van der Waals surface area contributed by atoms with Crippen molar-refractivity contribution in [1.82, 2.24) is 0 Å². The van der Waals surface area contributed by atoms with Gasteiger partial charge in [0.05, 0.1) is 21.9 Å². The average molecular weight is 664 g/mol. The topological polar surface area (TPSA) is 3.24 Å². The summed E-state index contributed by atoms with van der Waals surface area (Å²) in [7, 11) is 0. The second-order valence-corrected chi connectivity index (χ2v) is 12.1. The minimum Gasteiger partial charge on any atom is -0.310 e. The van der Waals surface area contributed by atoms with Gasteiger partial charge in [-0.25, -0.2) is 0 Å². The summed E-state index contributed by atoms with van der Waals surface area (Å²) in [4.78, 5) is 1.52. The van der Waals surface area contributed by atoms with Gasteiger partial charge in [0, 0.05) is 17.1 Å². The number of hydrogen-bond donors (Lipinski definition) is 0. The van der Waals surface area contributed by atoms with Crippen LogP contribution in [0.3, 0.4) is 0 Å². The van der Waals surface area contributed by atoms with E-state index in [0.29, 0.717) is 5.69 Å². The highest BCUT2D eigenvalue weighted by Gasteiger charge is 2.16. The first-order chi connectivity index (χ1) is 31.9. The minimum absolute atomic E-state index is 0.00963. The molecule has 1 nitrogen and oxygen atoms in total. The van der Waals surface area contributed by atoms with Crippen LogP contribution in [0.5, 0.6) is 0 Å². The lowest BCUT2D eigenvalue weighted by Crippen LogP contribution is -2.10. The molecule has 0 saturated carbocycles. The van der Waals surface area contributed by atoms with E-state index in [1.807, 2.05) is 48.5 Å². The minimum atomic E-state index is -0.698. The van der Waals surface area contributed by atoms with E-state index in [9.17, 15) is 5.48 Å². The highest BCUT2D eigenvalue weighted by Crippen LogP contribution is 2.42. The molecule has 10 aromatic rings. The lowest BCUT2D eigenvalue weighted by molar-refractivity contribution is 1.29. The van der Waals surface area contributed by atoms with Crippen molar-refractivity contribution in [3.05, 3.63) is 200 Å². The Morgan fingerprint density at radius 3 is 1.71 bits per heavy atom. The van der Waals surface area contributed by atoms with Gasteiger partial charge in [0.1, 0.15) is 0 Å². The van der Waals surface area contributed by atoms with E-state index in [0.717, 1.165) is 43.1 Å². The van der Waals surface area contributed by atoms with Gasteiger partial charge < -0.3 is 4.90 Å². The second-order valence-electron chi connectivity index (χ2n) is 12.1. The number of fused-ring (bicyclic) bond motifs is 8. The Balaban J connectivity index is 1.27. The molecule has 0 heterocycles. The van der Waals surface area contributed by atoms with Crippen LogP contribution in [0.15, 0.2) is 200 Å². The Bertz CT molecular complexity index is 3760. The van der Waals surface area contributed by atoms with Gasteiger partial charge in [-0.15, -0.1) is 0 Å². The molecule has 1 heteroatoms. The van der Waals surface area contributed by atoms with E-state index < -0.39 is 108 Å². The van der Waals surface area contributed by atoms with Gasteiger partial charge in [0.25, 0.3) is 0 Å². The van der Waals surface area contributed by atoms with E-state index in [-0.39, 0.29) is 33.3 Å². The van der Waals surface area contributed by atoms with E-state index in [4.69, 9.17) is 16.4 Å². The Hall–Kier alpha value is -6.70. The van der Waals surface area contributed by atoms with Crippen molar-refractivity contribution >= 4 is 70.9 Å². The highest BCUT2D eigenvalue weighted by atomic mass is 15.1. The monoisotopic (exact) mass is 663 g/mol. The second kappa shape index (κ2) is 12.0. The summed E-state index contributed by atoms with van der Waals surface area (Å²) in [6.07, 6.45) is 0. The van der Waals surface area contributed by atoms with Gasteiger partial charge in [-0.1, -0.05) is 163 Å². The van der Waals surface area contributed by atoms with Crippen molar-refractivity contribution in [2.45, 2.75) is 0 Å². The van der Waals surface area contributed by atoms with Crippen LogP contribution in [0.2, 0.25) is 0 Å². The van der Waals surface area contributed by atoms with Gasteiger partial charge in [-0.2, -0.15) is 0 Å². The molecule has 0 aliphatic heterocycles. The number of benzene rings is 10. The first kappa shape index (κ1) is 17.3. The number of anilines is 3. The predicted molar refractivity (Wildman–Crippen MR) is 220 cm³/mol. The summed E-state index contributed by atoms with van der Waals surface area (Å²) >= 11 is 0. The fourth-order valence-corrected chi connectivity index (χ4v) is 6.90. The van der Waals surface area contributed by atoms with E-state index >= 15 is 0 Å². The Labute approximate surface area is 319 Å². The smallest absolute Gasteiger partial charge is 0.0645 e. The normalized spacial score (nSPS) is 15.9. The third kappa shape index (κ3) is 5.02. The molecule has 10 aromatic carbocycles. The third-order valence-electron chi connectivity index (χ3n) is 9.26. The van der Waals surface area contributed by atoms with Gasteiger partial charge in [-0.3, -0.25) is 0 Å². The van der Waals surface area contributed by atoms with Crippen LogP contribution in [0, 0.1) is 0 Å². The van der Waals surface area contributed by atoms with Crippen LogP contribution in [0.1, 0.15) is 21.9 Å². The van der Waals surface area contributed by atoms with Crippen molar-refractivity contribution in [3.63, 3.8) is 0 Å². The van der Waals surface area contributed by atoms with E-state index in [1.54, 1.807) is 30.3 Å². The fraction of sp³-hybridized carbons (Fsp3) is 0. The first-order valence-corrected chi connectivity index (χ1v) is 16.3. The molecule has 0 fully saturated rings. The zero-order valence-corrected chi connectivity index (χ0v) is 26.8. The molecule has 0 aromatic heterocycles. The van der Waals surface area contributed by atoms with Crippen LogP contribution in [-0.4, -0.2) is 0 Å². The number of nitrogens with zero attached hydrogens (tertiary/aromatic N) is 1. The maximum Gasteiger partial charge on any atom is 0.0645 e. The molecule has 0 spiro atoms. The molecular formula is C50H33N. The number of hydrogen-bond acceptors (Lipinski definition) is 1. The Morgan fingerprint density at radius 2 is 0.922 bits per heavy atom. The van der Waals surface area contributed by atoms with Crippen LogP contribution in [0.25, 0.3) is 76.1 Å². The summed E-state index contributed by atoms with van der Waals surface area (Å²) in [5, 5.41) is 7.31. The predicted octanol–water partition coefficient (Wildman–Crippen LogP) is 14.3. The SMILES string of the molecule is [2H]c1c([2H])c([2H])c(-c2c([2H])c([2H])c(N(c3ccc(-c4c([2H])c([2H])c([2H])c5c([2H])c([2H])c([2H])c([2H])c45)cc3)c3ccc4ccc5ccc6ccc7ccccc7c6c5c4c3)c([2H])c2[2H])c([2H])c1[2H]. The van der Waals surface area contributed by atoms with Gasteiger partial charge >= 0.3 is 0 Å². The first-order valence-electron chi connectivity index (χ1n) is 24.3. The largest absolute Gasteiger partial charge is 0.310 e. The van der Waals surface area contributed by atoms with Crippen molar-refractivity contribution in [1.29, 1.82) is 0 Å². The van der Waals surface area contributed by atoms with Gasteiger partial charge in [-0.05, 0) is 112 Å². The fourth-order valence-electron chi connectivity index (χ4n) is 6.90. The molecule has 0 radical (unpaired) electrons. The average Bonchev–Trinajstić information content (AvgIpc) is 3.34. The van der Waals surface area contributed by atoms with Crippen LogP contribution >= 0.6 is 0 Å². The Kier molecular flexibility index (Phi) is 4.07. The molecule has 0 N–H and O–H groups in total. The molecule has 0 saturated heterocycles. The summed E-state index contributed by atoms with van der Waals surface area (Å²) in [6, 6.07) is 22.6. The lowest BCUT2D eigenvalue weighted by atomic mass is 9.92. The summed E-state index contributed by atoms with van der Waals surface area (Å²) in [5.74, 6) is 0. The van der Waals surface area contributed by atoms with Crippen molar-refractivity contribution in [3.8, 4) is 22.3 Å². The van der Waals surface area contributed by atoms with E-state index in [1.165, 1.54) is 4.90 Å². The van der Waals surface area contributed by atoms with Crippen LogP contribution in [0.4, 0.5) is 17.1 Å². The van der Waals surface area contributed by atoms with Gasteiger partial charge in [0.15, 0.2) is 0 Å². The molecular weight excluding hydrogens is 615 g/mol. The summed E-state index contributed by atoms with van der Waals surface area (Å²) in [6.45, 7) is 0. The van der Waals surface area contributed by atoms with Crippen molar-refractivity contribution < 1.29 is 21.9 Å². The zero-order valence-electron chi connectivity index (χ0n) is 42.8. The van der Waals surface area contributed by atoms with Crippen molar-refractivity contribution in [2.75, 3.05) is 4.90 Å². The molecule has 0 amide bonds. The highest BCUT2D eigenvalue weighted by molar-refractivity contribution is 6.27. The number of rotatable bonds is 5. The summed E-state index contributed by atoms with van der Waals surface area (Å²) in [5.41, 5.74) is -0.254. The van der Waals surface area contributed by atoms with Crippen LogP contribution < -0.4 is 4.90 Å². The summed E-state index contributed by atoms with van der Waals surface area (Å²) < 4.78 is 140. The quantitative estimate of drug-likeness (QED) is 0.166. The molecule has 51 heavy (non-hydrogen) atoms. The van der Waals surface area contributed by atoms with E-state index in [2.05, 4.69) is 24.3 Å². The maximum atomic E-state index is 9.53. The molecule has 0 bridgehead atoms. The maximum absolute atomic E-state index is 9.53. The molecule has 0 aliphatic carbocycles. The van der Waals surface area contributed by atoms with Gasteiger partial charge in [0.2, 0.25) is 0 Å².